The minimum absolute atomic E-state index is 0.150. The lowest BCUT2D eigenvalue weighted by Crippen LogP contribution is -2.25. The zero-order valence-corrected chi connectivity index (χ0v) is 10.8. The van der Waals surface area contributed by atoms with Gasteiger partial charge >= 0.3 is 0 Å². The van der Waals surface area contributed by atoms with Crippen molar-refractivity contribution in [3.05, 3.63) is 29.6 Å². The van der Waals surface area contributed by atoms with Crippen LogP contribution < -0.4 is 5.73 Å². The molecule has 4 heteroatoms. The number of rotatable bonds is 3. The van der Waals surface area contributed by atoms with Crippen molar-refractivity contribution in [1.82, 2.24) is 4.90 Å². The number of carbonyl (C=O) groups excluding carboxylic acids is 1. The predicted molar refractivity (Wildman–Crippen MR) is 69.2 cm³/mol. The normalized spacial score (nSPS) is 19.9. The highest BCUT2D eigenvalue weighted by Gasteiger charge is 2.31. The summed E-state index contributed by atoms with van der Waals surface area (Å²) >= 11 is 0. The van der Waals surface area contributed by atoms with Gasteiger partial charge in [0, 0.05) is 25.2 Å². The molecular formula is C14H19FN2O. The first kappa shape index (κ1) is 12.9. The molecule has 0 aromatic heterocycles. The number of amides is 1. The van der Waals surface area contributed by atoms with Gasteiger partial charge in [-0.25, -0.2) is 4.39 Å². The highest BCUT2D eigenvalue weighted by Crippen LogP contribution is 2.26. The smallest absolute Gasteiger partial charge is 0.223 e. The summed E-state index contributed by atoms with van der Waals surface area (Å²) < 4.78 is 13.2. The number of anilines is 1. The maximum atomic E-state index is 13.2. The number of nitrogens with two attached hydrogens (primary N) is 1. The Labute approximate surface area is 107 Å². The molecule has 3 nitrogen and oxygen atoms in total. The van der Waals surface area contributed by atoms with E-state index in [0.717, 1.165) is 12.1 Å². The number of nitrogen functional groups attached to an aromatic ring is 1. The van der Waals surface area contributed by atoms with Crippen molar-refractivity contribution < 1.29 is 9.18 Å². The third-order valence-electron chi connectivity index (χ3n) is 3.54. The average Bonchev–Trinajstić information content (AvgIpc) is 2.59. The van der Waals surface area contributed by atoms with Crippen molar-refractivity contribution in [2.24, 2.45) is 11.8 Å². The standard InChI is InChI=1S/C14H19FN2O/c1-9(2)11-5-14(18)17(8-11)7-10-3-12(15)6-13(16)4-10/h3-4,6,9,11H,5,7-8,16H2,1-2H3. The molecule has 1 aliphatic heterocycles. The lowest BCUT2D eigenvalue weighted by molar-refractivity contribution is -0.128. The van der Waals surface area contributed by atoms with E-state index in [9.17, 15) is 9.18 Å². The Morgan fingerprint density at radius 3 is 2.72 bits per heavy atom. The first-order valence-corrected chi connectivity index (χ1v) is 6.28. The van der Waals surface area contributed by atoms with Gasteiger partial charge in [0.05, 0.1) is 0 Å². The molecule has 0 radical (unpaired) electrons. The van der Waals surface area contributed by atoms with Crippen molar-refractivity contribution in [1.29, 1.82) is 0 Å². The molecule has 0 spiro atoms. The Kier molecular flexibility index (Phi) is 3.55. The van der Waals surface area contributed by atoms with Crippen LogP contribution in [-0.4, -0.2) is 17.4 Å². The SMILES string of the molecule is CC(C)C1CC(=O)N(Cc2cc(N)cc(F)c2)C1. The molecular weight excluding hydrogens is 231 g/mol. The van der Waals surface area contributed by atoms with Crippen LogP contribution in [0.5, 0.6) is 0 Å². The third-order valence-corrected chi connectivity index (χ3v) is 3.54. The fourth-order valence-electron chi connectivity index (χ4n) is 2.39. The van der Waals surface area contributed by atoms with E-state index in [1.807, 2.05) is 0 Å². The molecule has 1 saturated heterocycles. The molecule has 1 aromatic carbocycles. The monoisotopic (exact) mass is 250 g/mol. The van der Waals surface area contributed by atoms with Crippen LogP contribution in [0.15, 0.2) is 18.2 Å². The van der Waals surface area contributed by atoms with E-state index in [-0.39, 0.29) is 11.7 Å². The Hall–Kier alpha value is -1.58. The predicted octanol–water partition coefficient (Wildman–Crippen LogP) is 2.41. The fraction of sp³-hybridized carbons (Fsp3) is 0.500. The van der Waals surface area contributed by atoms with Crippen LogP contribution in [-0.2, 0) is 11.3 Å². The summed E-state index contributed by atoms with van der Waals surface area (Å²) in [6.45, 7) is 5.46. The van der Waals surface area contributed by atoms with Gasteiger partial charge in [-0.2, -0.15) is 0 Å². The summed E-state index contributed by atoms with van der Waals surface area (Å²) in [5.41, 5.74) is 6.76. The van der Waals surface area contributed by atoms with Crippen LogP contribution in [0, 0.1) is 17.7 Å². The zero-order valence-electron chi connectivity index (χ0n) is 10.8. The molecule has 0 bridgehead atoms. The van der Waals surface area contributed by atoms with Gasteiger partial charge in [0.15, 0.2) is 0 Å². The van der Waals surface area contributed by atoms with Gasteiger partial charge in [0.25, 0.3) is 0 Å². The van der Waals surface area contributed by atoms with Crippen LogP contribution in [0.4, 0.5) is 10.1 Å². The van der Waals surface area contributed by atoms with E-state index < -0.39 is 0 Å². The highest BCUT2D eigenvalue weighted by atomic mass is 19.1. The van der Waals surface area contributed by atoms with Crippen LogP contribution >= 0.6 is 0 Å². The molecule has 1 aliphatic rings. The summed E-state index contributed by atoms with van der Waals surface area (Å²) in [6.07, 6.45) is 0.600. The number of carbonyl (C=O) groups is 1. The second-order valence-electron chi connectivity index (χ2n) is 5.38. The van der Waals surface area contributed by atoms with E-state index in [2.05, 4.69) is 13.8 Å². The van der Waals surface area contributed by atoms with Crippen molar-refractivity contribution in [2.45, 2.75) is 26.8 Å². The minimum Gasteiger partial charge on any atom is -0.399 e. The average molecular weight is 250 g/mol. The molecule has 1 aromatic rings. The van der Waals surface area contributed by atoms with Gasteiger partial charge in [-0.15, -0.1) is 0 Å². The molecule has 1 atom stereocenters. The third kappa shape index (κ3) is 2.81. The molecule has 98 valence electrons. The van der Waals surface area contributed by atoms with Crippen LogP contribution in [0.25, 0.3) is 0 Å². The number of likely N-dealkylation sites (tertiary alicyclic amines) is 1. The maximum absolute atomic E-state index is 13.2. The Morgan fingerprint density at radius 1 is 1.44 bits per heavy atom. The number of nitrogens with zero attached hydrogens (tertiary/aromatic N) is 1. The van der Waals surface area contributed by atoms with Crippen molar-refractivity contribution in [2.75, 3.05) is 12.3 Å². The van der Waals surface area contributed by atoms with Crippen molar-refractivity contribution in [3.63, 3.8) is 0 Å². The molecule has 2 rings (SSSR count). The minimum atomic E-state index is -0.350. The summed E-state index contributed by atoms with van der Waals surface area (Å²) in [5, 5.41) is 0. The first-order chi connectivity index (χ1) is 8.45. The van der Waals surface area contributed by atoms with Gasteiger partial charge in [0.2, 0.25) is 5.91 Å². The molecule has 0 aliphatic carbocycles. The Balaban J connectivity index is 2.08. The van der Waals surface area contributed by atoms with E-state index in [1.54, 1.807) is 11.0 Å². The number of halogens is 1. The molecule has 0 saturated carbocycles. The lowest BCUT2D eigenvalue weighted by atomic mass is 9.95. The van der Waals surface area contributed by atoms with E-state index in [4.69, 9.17) is 5.73 Å². The van der Waals surface area contributed by atoms with E-state index in [1.165, 1.54) is 12.1 Å². The number of hydrogen-bond acceptors (Lipinski definition) is 2. The van der Waals surface area contributed by atoms with E-state index in [0.29, 0.717) is 30.5 Å². The number of benzene rings is 1. The molecule has 1 amide bonds. The fourth-order valence-corrected chi connectivity index (χ4v) is 2.39. The van der Waals surface area contributed by atoms with Gasteiger partial charge < -0.3 is 10.6 Å². The van der Waals surface area contributed by atoms with E-state index >= 15 is 0 Å². The summed E-state index contributed by atoms with van der Waals surface area (Å²) in [5.74, 6) is 0.702. The van der Waals surface area contributed by atoms with Gasteiger partial charge in [-0.3, -0.25) is 4.79 Å². The number of hydrogen-bond donors (Lipinski definition) is 1. The highest BCUT2D eigenvalue weighted by molar-refractivity contribution is 5.78. The van der Waals surface area contributed by atoms with Crippen molar-refractivity contribution in [3.8, 4) is 0 Å². The molecule has 2 N–H and O–H groups in total. The first-order valence-electron chi connectivity index (χ1n) is 6.28. The second kappa shape index (κ2) is 4.96. The van der Waals surface area contributed by atoms with Crippen LogP contribution in [0.1, 0.15) is 25.8 Å². The molecule has 1 fully saturated rings. The lowest BCUT2D eigenvalue weighted by Gasteiger charge is -2.18. The zero-order chi connectivity index (χ0) is 13.3. The Bertz CT molecular complexity index is 439. The second-order valence-corrected chi connectivity index (χ2v) is 5.38. The Morgan fingerprint density at radius 2 is 2.17 bits per heavy atom. The largest absolute Gasteiger partial charge is 0.399 e. The molecule has 1 unspecified atom stereocenters. The summed E-state index contributed by atoms with van der Waals surface area (Å²) in [6, 6.07) is 4.44. The topological polar surface area (TPSA) is 46.3 Å². The quantitative estimate of drug-likeness (QED) is 0.837. The van der Waals surface area contributed by atoms with Gasteiger partial charge in [-0.05, 0) is 35.6 Å². The van der Waals surface area contributed by atoms with Gasteiger partial charge in [0.1, 0.15) is 5.82 Å². The van der Waals surface area contributed by atoms with Crippen molar-refractivity contribution >= 4 is 11.6 Å². The maximum Gasteiger partial charge on any atom is 0.223 e. The molecule has 18 heavy (non-hydrogen) atoms. The molecule has 1 heterocycles. The van der Waals surface area contributed by atoms with Crippen LogP contribution in [0.3, 0.4) is 0 Å². The summed E-state index contributed by atoms with van der Waals surface area (Å²) in [7, 11) is 0. The van der Waals surface area contributed by atoms with Gasteiger partial charge in [-0.1, -0.05) is 13.8 Å². The summed E-state index contributed by atoms with van der Waals surface area (Å²) in [4.78, 5) is 13.7. The van der Waals surface area contributed by atoms with Crippen LogP contribution in [0.2, 0.25) is 0 Å².